The molecular weight excluding hydrogens is 152 g/mol. The van der Waals surface area contributed by atoms with Gasteiger partial charge in [-0.2, -0.15) is 0 Å². The Labute approximate surface area is 74.0 Å². The minimum atomic E-state index is -0.625. The van der Waals surface area contributed by atoms with E-state index in [0.29, 0.717) is 11.8 Å². The third kappa shape index (κ3) is 1.35. The van der Waals surface area contributed by atoms with Gasteiger partial charge in [-0.3, -0.25) is 4.79 Å². The molecule has 1 rings (SSSR count). The van der Waals surface area contributed by atoms with Crippen LogP contribution in [0.2, 0.25) is 0 Å². The highest BCUT2D eigenvalue weighted by molar-refractivity contribution is 5.71. The molecule has 0 bridgehead atoms. The fraction of sp³-hybridized carbons (Fsp3) is 0.900. The van der Waals surface area contributed by atoms with Crippen LogP contribution in [0.4, 0.5) is 0 Å². The molecule has 12 heavy (non-hydrogen) atoms. The van der Waals surface area contributed by atoms with Gasteiger partial charge in [0.25, 0.3) is 0 Å². The summed E-state index contributed by atoms with van der Waals surface area (Å²) in [5.41, 5.74) is 0.197. The second-order valence-corrected chi connectivity index (χ2v) is 4.79. The van der Waals surface area contributed by atoms with Crippen molar-refractivity contribution in [2.45, 2.75) is 34.1 Å². The van der Waals surface area contributed by atoms with E-state index in [4.69, 9.17) is 5.11 Å². The molecule has 0 aliphatic heterocycles. The summed E-state index contributed by atoms with van der Waals surface area (Å²) in [7, 11) is 0. The van der Waals surface area contributed by atoms with E-state index < -0.39 is 5.97 Å². The molecule has 0 radical (unpaired) electrons. The van der Waals surface area contributed by atoms with Gasteiger partial charge < -0.3 is 5.11 Å². The van der Waals surface area contributed by atoms with Crippen LogP contribution < -0.4 is 0 Å². The molecule has 0 aromatic heterocycles. The second-order valence-electron chi connectivity index (χ2n) is 4.79. The van der Waals surface area contributed by atoms with Gasteiger partial charge in [0.05, 0.1) is 5.92 Å². The fourth-order valence-corrected chi connectivity index (χ4v) is 2.31. The van der Waals surface area contributed by atoms with E-state index in [1.54, 1.807) is 0 Å². The van der Waals surface area contributed by atoms with E-state index in [9.17, 15) is 4.79 Å². The first-order valence-corrected chi connectivity index (χ1v) is 4.59. The van der Waals surface area contributed by atoms with E-state index in [2.05, 4.69) is 27.7 Å². The second kappa shape index (κ2) is 2.75. The minimum Gasteiger partial charge on any atom is -0.481 e. The lowest BCUT2D eigenvalue weighted by molar-refractivity contribution is -0.143. The summed E-state index contributed by atoms with van der Waals surface area (Å²) >= 11 is 0. The van der Waals surface area contributed by atoms with Crippen molar-refractivity contribution < 1.29 is 9.90 Å². The highest BCUT2D eigenvalue weighted by Crippen LogP contribution is 2.49. The van der Waals surface area contributed by atoms with Crippen LogP contribution in [-0.4, -0.2) is 11.1 Å². The van der Waals surface area contributed by atoms with Crippen molar-refractivity contribution in [3.63, 3.8) is 0 Å². The highest BCUT2D eigenvalue weighted by Gasteiger charge is 2.46. The zero-order valence-electron chi connectivity index (χ0n) is 8.29. The van der Waals surface area contributed by atoms with Crippen LogP contribution in [0.5, 0.6) is 0 Å². The average molecular weight is 170 g/mol. The van der Waals surface area contributed by atoms with Crippen molar-refractivity contribution in [2.24, 2.45) is 23.2 Å². The Morgan fingerprint density at radius 1 is 1.42 bits per heavy atom. The summed E-state index contributed by atoms with van der Waals surface area (Å²) in [6, 6.07) is 0. The monoisotopic (exact) mass is 170 g/mol. The van der Waals surface area contributed by atoms with Crippen LogP contribution in [0.3, 0.4) is 0 Å². The van der Waals surface area contributed by atoms with E-state index in [-0.39, 0.29) is 11.3 Å². The Balaban J connectivity index is 2.81. The first-order valence-electron chi connectivity index (χ1n) is 4.59. The number of rotatable bonds is 1. The summed E-state index contributed by atoms with van der Waals surface area (Å²) in [5.74, 6) is 0.0750. The van der Waals surface area contributed by atoms with Crippen molar-refractivity contribution in [3.8, 4) is 0 Å². The SMILES string of the molecule is C[C@@H]1[C@@H](C(=O)O)CC(C)(C)[C@@H]1C. The standard InChI is InChI=1S/C10H18O2/c1-6-7(2)10(3,4)5-8(6)9(11)12/h6-8H,5H2,1-4H3,(H,11,12)/t6-,7+,8-/m0/s1. The van der Waals surface area contributed by atoms with Gasteiger partial charge in [0.1, 0.15) is 0 Å². The van der Waals surface area contributed by atoms with Gasteiger partial charge in [0.15, 0.2) is 0 Å². The lowest BCUT2D eigenvalue weighted by atomic mass is 9.81. The lowest BCUT2D eigenvalue weighted by Gasteiger charge is -2.24. The predicted octanol–water partition coefficient (Wildman–Crippen LogP) is 2.39. The maximum absolute atomic E-state index is 10.8. The van der Waals surface area contributed by atoms with Gasteiger partial charge in [-0.05, 0) is 23.7 Å². The number of aliphatic carboxylic acids is 1. The summed E-state index contributed by atoms with van der Waals surface area (Å²) in [6.07, 6.45) is 0.824. The van der Waals surface area contributed by atoms with E-state index in [0.717, 1.165) is 6.42 Å². The maximum Gasteiger partial charge on any atom is 0.306 e. The predicted molar refractivity (Wildman–Crippen MR) is 47.9 cm³/mol. The molecule has 1 fully saturated rings. The molecule has 0 spiro atoms. The number of hydrogen-bond donors (Lipinski definition) is 1. The number of carboxylic acid groups (broad SMARTS) is 1. The molecule has 3 atom stereocenters. The molecule has 2 heteroatoms. The van der Waals surface area contributed by atoms with Crippen LogP contribution in [-0.2, 0) is 4.79 Å². The fourth-order valence-electron chi connectivity index (χ4n) is 2.31. The van der Waals surface area contributed by atoms with Crippen LogP contribution in [0.25, 0.3) is 0 Å². The third-order valence-electron chi connectivity index (χ3n) is 3.72. The molecule has 0 aromatic rings. The smallest absolute Gasteiger partial charge is 0.306 e. The molecule has 0 heterocycles. The lowest BCUT2D eigenvalue weighted by Crippen LogP contribution is -2.19. The average Bonchev–Trinajstić information content (AvgIpc) is 2.14. The van der Waals surface area contributed by atoms with Crippen LogP contribution in [0, 0.1) is 23.2 Å². The van der Waals surface area contributed by atoms with Crippen LogP contribution >= 0.6 is 0 Å². The van der Waals surface area contributed by atoms with Crippen molar-refractivity contribution in [2.75, 3.05) is 0 Å². The van der Waals surface area contributed by atoms with E-state index in [1.807, 2.05) is 0 Å². The van der Waals surface area contributed by atoms with Gasteiger partial charge in [-0.25, -0.2) is 0 Å². The third-order valence-corrected chi connectivity index (χ3v) is 3.72. The summed E-state index contributed by atoms with van der Waals surface area (Å²) < 4.78 is 0. The number of carboxylic acids is 1. The maximum atomic E-state index is 10.8. The molecule has 1 saturated carbocycles. The molecule has 70 valence electrons. The Morgan fingerprint density at radius 3 is 2.08 bits per heavy atom. The molecule has 0 amide bonds. The van der Waals surface area contributed by atoms with Gasteiger partial charge in [0, 0.05) is 0 Å². The van der Waals surface area contributed by atoms with Crippen molar-refractivity contribution >= 4 is 5.97 Å². The number of carbonyl (C=O) groups is 1. The Morgan fingerprint density at radius 2 is 1.92 bits per heavy atom. The Bertz CT molecular complexity index is 196. The molecule has 1 aliphatic rings. The molecule has 1 N–H and O–H groups in total. The van der Waals surface area contributed by atoms with Gasteiger partial charge in [-0.15, -0.1) is 0 Å². The van der Waals surface area contributed by atoms with Crippen LogP contribution in [0.15, 0.2) is 0 Å². The highest BCUT2D eigenvalue weighted by atomic mass is 16.4. The summed E-state index contributed by atoms with van der Waals surface area (Å²) in [5, 5.41) is 8.93. The minimum absolute atomic E-state index is 0.130. The Hall–Kier alpha value is -0.530. The van der Waals surface area contributed by atoms with Gasteiger partial charge in [-0.1, -0.05) is 27.7 Å². The molecule has 0 unspecified atom stereocenters. The summed E-state index contributed by atoms with van der Waals surface area (Å²) in [4.78, 5) is 10.8. The Kier molecular flexibility index (Phi) is 2.19. The largest absolute Gasteiger partial charge is 0.481 e. The molecular formula is C10H18O2. The molecule has 1 aliphatic carbocycles. The first kappa shape index (κ1) is 9.56. The molecule has 0 saturated heterocycles. The van der Waals surface area contributed by atoms with Crippen molar-refractivity contribution in [1.29, 1.82) is 0 Å². The van der Waals surface area contributed by atoms with E-state index >= 15 is 0 Å². The van der Waals surface area contributed by atoms with E-state index in [1.165, 1.54) is 0 Å². The number of hydrogen-bond acceptors (Lipinski definition) is 1. The normalized spacial score (nSPS) is 39.8. The van der Waals surface area contributed by atoms with Crippen molar-refractivity contribution in [3.05, 3.63) is 0 Å². The van der Waals surface area contributed by atoms with Crippen molar-refractivity contribution in [1.82, 2.24) is 0 Å². The van der Waals surface area contributed by atoms with Gasteiger partial charge in [0.2, 0.25) is 0 Å². The first-order chi connectivity index (χ1) is 5.36. The van der Waals surface area contributed by atoms with Crippen LogP contribution in [0.1, 0.15) is 34.1 Å². The van der Waals surface area contributed by atoms with Gasteiger partial charge >= 0.3 is 5.97 Å². The molecule has 0 aromatic carbocycles. The quantitative estimate of drug-likeness (QED) is 0.656. The summed E-state index contributed by atoms with van der Waals surface area (Å²) in [6.45, 7) is 8.54. The topological polar surface area (TPSA) is 37.3 Å². The zero-order chi connectivity index (χ0) is 9.52. The molecule has 2 nitrogen and oxygen atoms in total. The zero-order valence-corrected chi connectivity index (χ0v) is 8.29.